The standard InChI is InChI=1S/C21H28N4O2/c26-20(22-13-12-19-23-16-9-4-5-10-17(16)24-19)18-11-6-14-25(18)21(27)15-7-2-1-3-8-15/h4-5,9-10,15,18H,1-3,6-8,11-14H2,(H,22,26)(H,23,24). The predicted octanol–water partition coefficient (Wildman–Crippen LogP) is 2.79. The molecule has 2 heterocycles. The predicted molar refractivity (Wildman–Crippen MR) is 104 cm³/mol. The molecular formula is C21H28N4O2. The maximum absolute atomic E-state index is 12.8. The van der Waals surface area contributed by atoms with Crippen molar-refractivity contribution in [3.8, 4) is 0 Å². The van der Waals surface area contributed by atoms with Gasteiger partial charge in [0.05, 0.1) is 11.0 Å². The SMILES string of the molecule is O=C(NCCc1nc2ccccc2[nH]1)C1CCCN1C(=O)C1CCCCC1. The zero-order valence-electron chi connectivity index (χ0n) is 15.7. The number of aromatic amines is 1. The number of rotatable bonds is 5. The Hall–Kier alpha value is -2.37. The summed E-state index contributed by atoms with van der Waals surface area (Å²) in [5, 5.41) is 3.01. The fraction of sp³-hybridized carbons (Fsp3) is 0.571. The maximum Gasteiger partial charge on any atom is 0.242 e. The Morgan fingerprint density at radius 1 is 1.11 bits per heavy atom. The molecule has 1 aliphatic carbocycles. The molecule has 1 aromatic carbocycles. The van der Waals surface area contributed by atoms with Crippen molar-refractivity contribution in [2.45, 2.75) is 57.4 Å². The van der Waals surface area contributed by atoms with Crippen LogP contribution in [-0.4, -0.2) is 45.8 Å². The number of hydrogen-bond acceptors (Lipinski definition) is 3. The number of amides is 2. The van der Waals surface area contributed by atoms with E-state index in [2.05, 4.69) is 15.3 Å². The highest BCUT2D eigenvalue weighted by Crippen LogP contribution is 2.28. The van der Waals surface area contributed by atoms with Gasteiger partial charge in [-0.15, -0.1) is 0 Å². The van der Waals surface area contributed by atoms with Gasteiger partial charge in [0.25, 0.3) is 0 Å². The van der Waals surface area contributed by atoms with Gasteiger partial charge in [0.1, 0.15) is 11.9 Å². The number of nitrogens with one attached hydrogen (secondary N) is 2. The van der Waals surface area contributed by atoms with Gasteiger partial charge in [-0.3, -0.25) is 9.59 Å². The molecule has 1 unspecified atom stereocenters. The number of fused-ring (bicyclic) bond motifs is 1. The van der Waals surface area contributed by atoms with Crippen molar-refractivity contribution in [2.75, 3.05) is 13.1 Å². The van der Waals surface area contributed by atoms with E-state index in [1.54, 1.807) is 0 Å². The van der Waals surface area contributed by atoms with Gasteiger partial charge in [-0.25, -0.2) is 4.98 Å². The van der Waals surface area contributed by atoms with E-state index < -0.39 is 0 Å². The molecule has 1 aromatic heterocycles. The lowest BCUT2D eigenvalue weighted by atomic mass is 9.88. The molecule has 2 amide bonds. The largest absolute Gasteiger partial charge is 0.354 e. The molecule has 2 aromatic rings. The van der Waals surface area contributed by atoms with Crippen LogP contribution in [0.2, 0.25) is 0 Å². The van der Waals surface area contributed by atoms with Crippen molar-refractivity contribution in [3.63, 3.8) is 0 Å². The van der Waals surface area contributed by atoms with Gasteiger partial charge in [0.15, 0.2) is 0 Å². The van der Waals surface area contributed by atoms with Crippen LogP contribution in [0, 0.1) is 5.92 Å². The number of aromatic nitrogens is 2. The first-order valence-corrected chi connectivity index (χ1v) is 10.2. The Bertz CT molecular complexity index is 776. The number of para-hydroxylation sites is 2. The summed E-state index contributed by atoms with van der Waals surface area (Å²) in [7, 11) is 0. The van der Waals surface area contributed by atoms with E-state index in [0.29, 0.717) is 13.0 Å². The molecular weight excluding hydrogens is 340 g/mol. The fourth-order valence-electron chi connectivity index (χ4n) is 4.43. The summed E-state index contributed by atoms with van der Waals surface area (Å²) in [5.41, 5.74) is 1.96. The van der Waals surface area contributed by atoms with Crippen LogP contribution in [0.25, 0.3) is 11.0 Å². The average molecular weight is 368 g/mol. The van der Waals surface area contributed by atoms with Gasteiger partial charge in [-0.2, -0.15) is 0 Å². The number of carbonyl (C=O) groups excluding carboxylic acids is 2. The molecule has 1 atom stereocenters. The minimum atomic E-state index is -0.296. The highest BCUT2D eigenvalue weighted by Gasteiger charge is 2.37. The molecule has 27 heavy (non-hydrogen) atoms. The molecule has 1 saturated heterocycles. The smallest absolute Gasteiger partial charge is 0.242 e. The summed E-state index contributed by atoms with van der Waals surface area (Å²) in [6.45, 7) is 1.25. The highest BCUT2D eigenvalue weighted by atomic mass is 16.2. The van der Waals surface area contributed by atoms with Gasteiger partial charge in [0.2, 0.25) is 11.8 Å². The lowest BCUT2D eigenvalue weighted by Crippen LogP contribution is -2.48. The minimum Gasteiger partial charge on any atom is -0.354 e. The monoisotopic (exact) mass is 368 g/mol. The van der Waals surface area contributed by atoms with Crippen molar-refractivity contribution in [1.29, 1.82) is 0 Å². The average Bonchev–Trinajstić information content (AvgIpc) is 3.34. The molecule has 1 aliphatic heterocycles. The van der Waals surface area contributed by atoms with E-state index >= 15 is 0 Å². The van der Waals surface area contributed by atoms with Crippen LogP contribution >= 0.6 is 0 Å². The first-order chi connectivity index (χ1) is 13.2. The first-order valence-electron chi connectivity index (χ1n) is 10.2. The van der Waals surface area contributed by atoms with E-state index in [9.17, 15) is 9.59 Å². The van der Waals surface area contributed by atoms with Crippen LogP contribution in [0.4, 0.5) is 0 Å². The summed E-state index contributed by atoms with van der Waals surface area (Å²) < 4.78 is 0. The second-order valence-electron chi connectivity index (χ2n) is 7.77. The Labute approximate surface area is 159 Å². The van der Waals surface area contributed by atoms with Gasteiger partial charge in [0, 0.05) is 25.4 Å². The third-order valence-electron chi connectivity index (χ3n) is 5.89. The molecule has 4 rings (SSSR count). The Morgan fingerprint density at radius 2 is 1.93 bits per heavy atom. The van der Waals surface area contributed by atoms with Crippen LogP contribution in [0.5, 0.6) is 0 Å². The normalized spacial score (nSPS) is 20.9. The highest BCUT2D eigenvalue weighted by molar-refractivity contribution is 5.89. The van der Waals surface area contributed by atoms with Crippen LogP contribution in [-0.2, 0) is 16.0 Å². The van der Waals surface area contributed by atoms with Crippen molar-refractivity contribution < 1.29 is 9.59 Å². The van der Waals surface area contributed by atoms with Gasteiger partial charge < -0.3 is 15.2 Å². The Balaban J connectivity index is 1.30. The van der Waals surface area contributed by atoms with Crippen molar-refractivity contribution in [2.24, 2.45) is 5.92 Å². The molecule has 0 radical (unpaired) electrons. The van der Waals surface area contributed by atoms with E-state index in [-0.39, 0.29) is 23.8 Å². The second-order valence-corrected chi connectivity index (χ2v) is 7.77. The number of H-pyrrole nitrogens is 1. The van der Waals surface area contributed by atoms with Gasteiger partial charge in [-0.05, 0) is 37.8 Å². The van der Waals surface area contributed by atoms with Crippen molar-refractivity contribution in [3.05, 3.63) is 30.1 Å². The molecule has 0 bridgehead atoms. The lowest BCUT2D eigenvalue weighted by molar-refractivity contribution is -0.142. The van der Waals surface area contributed by atoms with Crippen LogP contribution in [0.15, 0.2) is 24.3 Å². The number of hydrogen-bond donors (Lipinski definition) is 2. The maximum atomic E-state index is 12.8. The summed E-state index contributed by atoms with van der Waals surface area (Å²) in [4.78, 5) is 35.2. The zero-order chi connectivity index (χ0) is 18.6. The summed E-state index contributed by atoms with van der Waals surface area (Å²) in [6.07, 6.45) is 7.82. The number of carbonyl (C=O) groups is 2. The van der Waals surface area contributed by atoms with E-state index in [1.165, 1.54) is 6.42 Å². The molecule has 0 spiro atoms. The van der Waals surface area contributed by atoms with E-state index in [4.69, 9.17) is 0 Å². The molecule has 6 heteroatoms. The zero-order valence-corrected chi connectivity index (χ0v) is 15.7. The molecule has 2 N–H and O–H groups in total. The molecule has 2 aliphatic rings. The lowest BCUT2D eigenvalue weighted by Gasteiger charge is -2.30. The third-order valence-corrected chi connectivity index (χ3v) is 5.89. The molecule has 6 nitrogen and oxygen atoms in total. The summed E-state index contributed by atoms with van der Waals surface area (Å²) in [6, 6.07) is 7.62. The topological polar surface area (TPSA) is 78.1 Å². The third kappa shape index (κ3) is 3.99. The van der Waals surface area contributed by atoms with Crippen molar-refractivity contribution >= 4 is 22.8 Å². The summed E-state index contributed by atoms with van der Waals surface area (Å²) >= 11 is 0. The molecule has 1 saturated carbocycles. The summed E-state index contributed by atoms with van der Waals surface area (Å²) in [5.74, 6) is 1.18. The van der Waals surface area contributed by atoms with Gasteiger partial charge >= 0.3 is 0 Å². The fourth-order valence-corrected chi connectivity index (χ4v) is 4.43. The van der Waals surface area contributed by atoms with Crippen molar-refractivity contribution in [1.82, 2.24) is 20.2 Å². The Kier molecular flexibility index (Phi) is 5.41. The van der Waals surface area contributed by atoms with Crippen LogP contribution in [0.1, 0.15) is 50.8 Å². The van der Waals surface area contributed by atoms with E-state index in [1.807, 2.05) is 29.2 Å². The number of benzene rings is 1. The van der Waals surface area contributed by atoms with E-state index in [0.717, 1.165) is 61.9 Å². The molecule has 144 valence electrons. The minimum absolute atomic E-state index is 0.0206. The van der Waals surface area contributed by atoms with Gasteiger partial charge in [-0.1, -0.05) is 31.4 Å². The number of likely N-dealkylation sites (tertiary alicyclic amines) is 1. The molecule has 2 fully saturated rings. The quantitative estimate of drug-likeness (QED) is 0.852. The number of imidazole rings is 1. The van der Waals surface area contributed by atoms with Crippen LogP contribution < -0.4 is 5.32 Å². The first kappa shape index (κ1) is 18.0. The van der Waals surface area contributed by atoms with Crippen LogP contribution in [0.3, 0.4) is 0 Å². The second kappa shape index (κ2) is 8.11. The Morgan fingerprint density at radius 3 is 2.74 bits per heavy atom. The number of nitrogens with zero attached hydrogens (tertiary/aromatic N) is 2.